The van der Waals surface area contributed by atoms with Crippen molar-refractivity contribution in [3.8, 4) is 5.75 Å². The van der Waals surface area contributed by atoms with Gasteiger partial charge >= 0.3 is 6.11 Å². The Balaban J connectivity index is 1.90. The highest BCUT2D eigenvalue weighted by atomic mass is 19.3. The van der Waals surface area contributed by atoms with Gasteiger partial charge in [0.1, 0.15) is 11.3 Å². The van der Waals surface area contributed by atoms with Crippen molar-refractivity contribution in [1.82, 2.24) is 9.80 Å². The number of likely N-dealkylation sites (N-methyl/N-ethyl adjacent to an activating group) is 1. The van der Waals surface area contributed by atoms with Crippen molar-refractivity contribution < 1.29 is 13.5 Å². The molecule has 0 aromatic heterocycles. The number of rotatable bonds is 8. The van der Waals surface area contributed by atoms with E-state index in [9.17, 15) is 13.7 Å². The number of ether oxygens (including phenoxy) is 1. The molecule has 168 valence electrons. The van der Waals surface area contributed by atoms with Crippen molar-refractivity contribution in [1.29, 1.82) is 0 Å². The van der Waals surface area contributed by atoms with Crippen molar-refractivity contribution in [2.75, 3.05) is 33.7 Å². The van der Waals surface area contributed by atoms with Crippen molar-refractivity contribution in [2.24, 2.45) is 5.18 Å². The predicted octanol–water partition coefficient (Wildman–Crippen LogP) is 5.26. The molecule has 1 saturated heterocycles. The van der Waals surface area contributed by atoms with Crippen LogP contribution in [0.2, 0.25) is 0 Å². The van der Waals surface area contributed by atoms with Crippen LogP contribution in [0.5, 0.6) is 5.75 Å². The fourth-order valence-corrected chi connectivity index (χ4v) is 5.13. The highest BCUT2D eigenvalue weighted by molar-refractivity contribution is 5.34. The van der Waals surface area contributed by atoms with Crippen molar-refractivity contribution in [3.05, 3.63) is 34.7 Å². The Morgan fingerprint density at radius 2 is 2.00 bits per heavy atom. The topological polar surface area (TPSA) is 45.1 Å². The van der Waals surface area contributed by atoms with Gasteiger partial charge in [0.05, 0.1) is 0 Å². The fourth-order valence-electron chi connectivity index (χ4n) is 5.13. The van der Waals surface area contributed by atoms with Crippen LogP contribution in [0.4, 0.5) is 8.78 Å². The summed E-state index contributed by atoms with van der Waals surface area (Å²) in [5.74, 6) is -0.00286. The first-order valence-electron chi connectivity index (χ1n) is 11.1. The molecule has 2 atom stereocenters. The molecule has 3 rings (SSSR count). The third-order valence-corrected chi connectivity index (χ3v) is 6.76. The molecule has 30 heavy (non-hydrogen) atoms. The Morgan fingerprint density at radius 1 is 1.27 bits per heavy atom. The van der Waals surface area contributed by atoms with Gasteiger partial charge < -0.3 is 14.5 Å². The van der Waals surface area contributed by atoms with Crippen LogP contribution in [0.25, 0.3) is 0 Å². The maximum Gasteiger partial charge on any atom is 0.394 e. The monoisotopic (exact) mass is 423 g/mol. The molecule has 1 unspecified atom stereocenters. The number of piperidine rings is 1. The smallest absolute Gasteiger partial charge is 0.394 e. The molecule has 0 radical (unpaired) electrons. The van der Waals surface area contributed by atoms with Gasteiger partial charge in [0.25, 0.3) is 0 Å². The molecular formula is C23H35F2N3O2. The maximum atomic E-state index is 13.4. The molecule has 7 heteroatoms. The Bertz CT molecular complexity index is 702. The van der Waals surface area contributed by atoms with Crippen molar-refractivity contribution in [2.45, 2.75) is 75.5 Å². The van der Waals surface area contributed by atoms with Crippen LogP contribution in [0, 0.1) is 4.91 Å². The number of alkyl halides is 2. The number of benzene rings is 1. The fraction of sp³-hybridized carbons (Fsp3) is 0.739. The van der Waals surface area contributed by atoms with Crippen molar-refractivity contribution in [3.63, 3.8) is 0 Å². The van der Waals surface area contributed by atoms with E-state index in [-0.39, 0.29) is 11.7 Å². The molecule has 1 aliphatic carbocycles. The zero-order valence-electron chi connectivity index (χ0n) is 18.4. The van der Waals surface area contributed by atoms with Gasteiger partial charge in [0.15, 0.2) is 0 Å². The summed E-state index contributed by atoms with van der Waals surface area (Å²) in [7, 11) is 4.21. The van der Waals surface area contributed by atoms with Gasteiger partial charge in [-0.3, -0.25) is 0 Å². The summed E-state index contributed by atoms with van der Waals surface area (Å²) in [6.07, 6.45) is 3.61. The first-order valence-corrected chi connectivity index (χ1v) is 11.1. The summed E-state index contributed by atoms with van der Waals surface area (Å²) in [5, 5.41) is 3.70. The molecule has 0 amide bonds. The summed E-state index contributed by atoms with van der Waals surface area (Å²) in [4.78, 5) is 16.9. The van der Waals surface area contributed by atoms with Crippen LogP contribution in [0.3, 0.4) is 0 Å². The Morgan fingerprint density at radius 3 is 2.63 bits per heavy atom. The van der Waals surface area contributed by atoms with E-state index in [4.69, 9.17) is 4.74 Å². The van der Waals surface area contributed by atoms with E-state index in [1.54, 1.807) is 18.2 Å². The van der Waals surface area contributed by atoms with Crippen LogP contribution in [-0.4, -0.2) is 61.2 Å². The van der Waals surface area contributed by atoms with Crippen LogP contribution in [0.1, 0.15) is 63.4 Å². The minimum absolute atomic E-state index is 0.131. The van der Waals surface area contributed by atoms with Crippen LogP contribution >= 0.6 is 0 Å². The van der Waals surface area contributed by atoms with Gasteiger partial charge in [-0.2, -0.15) is 13.7 Å². The highest BCUT2D eigenvalue weighted by Gasteiger charge is 2.43. The zero-order valence-corrected chi connectivity index (χ0v) is 18.4. The molecule has 1 aromatic rings. The largest absolute Gasteiger partial charge is 0.433 e. The zero-order chi connectivity index (χ0) is 21.8. The van der Waals surface area contributed by atoms with E-state index >= 15 is 0 Å². The third kappa shape index (κ3) is 5.76. The first-order chi connectivity index (χ1) is 14.2. The number of likely N-dealkylation sites (tertiary alicyclic amines) is 1. The average molecular weight is 424 g/mol. The predicted molar refractivity (Wildman–Crippen MR) is 115 cm³/mol. The molecule has 0 N–H and O–H groups in total. The molecule has 1 heterocycles. The van der Waals surface area contributed by atoms with E-state index < -0.39 is 11.6 Å². The second-order valence-electron chi connectivity index (χ2n) is 9.31. The van der Waals surface area contributed by atoms with E-state index in [0.717, 1.165) is 64.1 Å². The normalized spacial score (nSPS) is 23.9. The molecule has 0 bridgehead atoms. The Kier molecular flexibility index (Phi) is 7.45. The molecule has 2 fully saturated rings. The minimum Gasteiger partial charge on any atom is -0.433 e. The number of halogens is 2. The van der Waals surface area contributed by atoms with E-state index in [2.05, 4.69) is 29.1 Å². The maximum absolute atomic E-state index is 13.4. The van der Waals surface area contributed by atoms with Gasteiger partial charge in [-0.15, -0.1) is 0 Å². The van der Waals surface area contributed by atoms with E-state index in [1.165, 1.54) is 6.42 Å². The lowest BCUT2D eigenvalue weighted by atomic mass is 9.70. The minimum atomic E-state index is -3.24. The summed E-state index contributed by atoms with van der Waals surface area (Å²) in [6, 6.07) is 7.38. The average Bonchev–Trinajstić information content (AvgIpc) is 2.71. The Labute approximate surface area is 178 Å². The van der Waals surface area contributed by atoms with Crippen LogP contribution in [-0.2, 0) is 0 Å². The van der Waals surface area contributed by atoms with Gasteiger partial charge in [0.2, 0.25) is 0 Å². The Hall–Kier alpha value is -1.60. The quantitative estimate of drug-likeness (QED) is 0.535. The van der Waals surface area contributed by atoms with Gasteiger partial charge in [-0.25, -0.2) is 0 Å². The lowest BCUT2D eigenvalue weighted by Crippen LogP contribution is -2.49. The molecule has 0 spiro atoms. The molecule has 1 aliphatic heterocycles. The molecular weight excluding hydrogens is 388 g/mol. The molecule has 1 aromatic carbocycles. The number of nitrogens with zero attached hydrogens (tertiary/aromatic N) is 3. The molecule has 1 saturated carbocycles. The third-order valence-electron chi connectivity index (χ3n) is 6.76. The lowest BCUT2D eigenvalue weighted by Gasteiger charge is -2.43. The van der Waals surface area contributed by atoms with Crippen LogP contribution in [0.15, 0.2) is 29.4 Å². The van der Waals surface area contributed by atoms with Crippen LogP contribution < -0.4 is 4.74 Å². The lowest BCUT2D eigenvalue weighted by molar-refractivity contribution is -0.159. The van der Waals surface area contributed by atoms with Gasteiger partial charge in [0, 0.05) is 32.0 Å². The number of hydrogen-bond donors (Lipinski definition) is 0. The second-order valence-corrected chi connectivity index (χ2v) is 9.31. The standard InChI is InChI=1S/C23H35F2N3O2/c1-22(24,25)30-20-11-7-9-18(15-20)21(23(26-29)12-5-4-6-13-23)17-28-14-8-10-19(16-28)27(2)3/h7,9,11,15,19,21H,4-6,8,10,12-14,16-17H2,1-3H3/t19-,21?/m0/s1. The summed E-state index contributed by atoms with van der Waals surface area (Å²) in [5.41, 5.74) is 0.182. The van der Waals surface area contributed by atoms with Gasteiger partial charge in [-0.1, -0.05) is 36.6 Å². The number of nitroso groups, excluding NO2 is 1. The van der Waals surface area contributed by atoms with Gasteiger partial charge in [-0.05, 0) is 64.0 Å². The summed E-state index contributed by atoms with van der Waals surface area (Å²) >= 11 is 0. The summed E-state index contributed by atoms with van der Waals surface area (Å²) < 4.78 is 31.7. The second kappa shape index (κ2) is 9.69. The molecule has 5 nitrogen and oxygen atoms in total. The SMILES string of the molecule is CN(C)[C@H]1CCCN(CC(c2cccc(OC(C)(F)F)c2)C2(N=O)CCCCC2)C1. The van der Waals surface area contributed by atoms with Crippen molar-refractivity contribution >= 4 is 0 Å². The van der Waals surface area contributed by atoms with E-state index in [0.29, 0.717) is 12.6 Å². The summed E-state index contributed by atoms with van der Waals surface area (Å²) in [6.45, 7) is 3.38. The highest BCUT2D eigenvalue weighted by Crippen LogP contribution is 2.44. The number of hydrogen-bond acceptors (Lipinski definition) is 5. The first kappa shape index (κ1) is 23.1. The van der Waals surface area contributed by atoms with E-state index in [1.807, 2.05) is 6.07 Å². The molecule has 2 aliphatic rings.